The van der Waals surface area contributed by atoms with Gasteiger partial charge in [-0.2, -0.15) is 0 Å². The Bertz CT molecular complexity index is 536. The summed E-state index contributed by atoms with van der Waals surface area (Å²) in [5, 5.41) is 0.614. The Balaban J connectivity index is 2.53. The van der Waals surface area contributed by atoms with Crippen molar-refractivity contribution in [2.24, 2.45) is 0 Å². The molecule has 1 N–H and O–H groups in total. The van der Waals surface area contributed by atoms with Gasteiger partial charge in [0, 0.05) is 17.1 Å². The van der Waals surface area contributed by atoms with Crippen LogP contribution in [-0.4, -0.2) is 24.5 Å². The van der Waals surface area contributed by atoms with Gasteiger partial charge in [-0.15, -0.1) is 0 Å². The van der Waals surface area contributed by atoms with Crippen LogP contribution in [-0.2, 0) is 9.53 Å². The van der Waals surface area contributed by atoms with Crippen LogP contribution in [0.2, 0.25) is 0 Å². The number of fused-ring (bicyclic) bond motifs is 1. The molecule has 1 atom stereocenters. The zero-order valence-electron chi connectivity index (χ0n) is 9.11. The number of alkyl halides is 2. The van der Waals surface area contributed by atoms with E-state index in [1.165, 1.54) is 6.20 Å². The first-order valence-corrected chi connectivity index (χ1v) is 5.07. The Morgan fingerprint density at radius 2 is 2.06 bits per heavy atom. The van der Waals surface area contributed by atoms with Crippen LogP contribution in [0.5, 0.6) is 0 Å². The van der Waals surface area contributed by atoms with Gasteiger partial charge in [0.05, 0.1) is 7.11 Å². The highest BCUT2D eigenvalue weighted by molar-refractivity contribution is 5.90. The summed E-state index contributed by atoms with van der Waals surface area (Å²) in [4.78, 5) is 14.2. The summed E-state index contributed by atoms with van der Waals surface area (Å²) in [7, 11) is 1.10. The average molecular weight is 239 g/mol. The van der Waals surface area contributed by atoms with Crippen molar-refractivity contribution in [3.05, 3.63) is 36.0 Å². The lowest BCUT2D eigenvalue weighted by atomic mass is 9.99. The molecule has 3 nitrogen and oxygen atoms in total. The second-order valence-corrected chi connectivity index (χ2v) is 3.62. The Hall–Kier alpha value is -1.91. The highest BCUT2D eigenvalue weighted by Crippen LogP contribution is 2.30. The van der Waals surface area contributed by atoms with Crippen molar-refractivity contribution in [1.82, 2.24) is 4.98 Å². The van der Waals surface area contributed by atoms with Crippen molar-refractivity contribution in [3.63, 3.8) is 0 Å². The normalized spacial score (nSPS) is 12.9. The average Bonchev–Trinajstić information content (AvgIpc) is 2.73. The smallest absolute Gasteiger partial charge is 0.319 e. The van der Waals surface area contributed by atoms with Crippen molar-refractivity contribution in [3.8, 4) is 0 Å². The fourth-order valence-corrected chi connectivity index (χ4v) is 1.84. The standard InChI is InChI=1S/C12H11F2NO2/c1-17-12(16)10(11(13)14)8-6-15-9-5-3-2-4-7(8)9/h2-6,10-11,15H,1H3. The fourth-order valence-electron chi connectivity index (χ4n) is 1.84. The van der Waals surface area contributed by atoms with Crippen molar-refractivity contribution in [2.75, 3.05) is 7.11 Å². The molecule has 1 unspecified atom stereocenters. The van der Waals surface area contributed by atoms with E-state index in [1.807, 2.05) is 0 Å². The third-order valence-corrected chi connectivity index (χ3v) is 2.66. The highest BCUT2D eigenvalue weighted by Gasteiger charge is 2.33. The molecule has 0 aliphatic heterocycles. The summed E-state index contributed by atoms with van der Waals surface area (Å²) in [6, 6.07) is 6.98. The number of methoxy groups -OCH3 is 1. The van der Waals surface area contributed by atoms with Gasteiger partial charge in [-0.25, -0.2) is 8.78 Å². The van der Waals surface area contributed by atoms with E-state index in [0.29, 0.717) is 5.39 Å². The largest absolute Gasteiger partial charge is 0.468 e. The van der Waals surface area contributed by atoms with E-state index in [2.05, 4.69) is 9.72 Å². The van der Waals surface area contributed by atoms with Gasteiger partial charge in [0.1, 0.15) is 5.92 Å². The number of carbonyl (C=O) groups is 1. The third-order valence-electron chi connectivity index (χ3n) is 2.66. The lowest BCUT2D eigenvalue weighted by Crippen LogP contribution is -2.21. The molecule has 0 radical (unpaired) electrons. The molecule has 0 aliphatic rings. The van der Waals surface area contributed by atoms with E-state index < -0.39 is 18.3 Å². The SMILES string of the molecule is COC(=O)C(c1c[nH]c2ccccc12)C(F)F. The number of hydrogen-bond acceptors (Lipinski definition) is 2. The number of halogens is 2. The molecule has 2 rings (SSSR count). The van der Waals surface area contributed by atoms with Gasteiger partial charge < -0.3 is 9.72 Å². The Labute approximate surface area is 96.4 Å². The first kappa shape index (κ1) is 11.6. The maximum atomic E-state index is 12.9. The molecule has 0 bridgehead atoms. The van der Waals surface area contributed by atoms with Crippen LogP contribution >= 0.6 is 0 Å². The number of esters is 1. The number of benzene rings is 1. The zero-order chi connectivity index (χ0) is 12.4. The predicted molar refractivity (Wildman–Crippen MR) is 59.1 cm³/mol. The molecule has 0 saturated heterocycles. The van der Waals surface area contributed by atoms with Gasteiger partial charge in [0.25, 0.3) is 6.43 Å². The number of ether oxygens (including phenoxy) is 1. The number of aromatic amines is 1. The van der Waals surface area contributed by atoms with Crippen LogP contribution in [0.4, 0.5) is 8.78 Å². The van der Waals surface area contributed by atoms with Crippen LogP contribution in [0.25, 0.3) is 10.9 Å². The molecule has 2 aromatic rings. The van der Waals surface area contributed by atoms with Gasteiger partial charge >= 0.3 is 5.97 Å². The molecule has 0 aliphatic carbocycles. The molecule has 0 spiro atoms. The second-order valence-electron chi connectivity index (χ2n) is 3.62. The number of rotatable bonds is 3. The summed E-state index contributed by atoms with van der Waals surface area (Å²) >= 11 is 0. The molecule has 1 aromatic carbocycles. The Morgan fingerprint density at radius 3 is 2.71 bits per heavy atom. The quantitative estimate of drug-likeness (QED) is 0.837. The molecule has 1 aromatic heterocycles. The number of para-hydroxylation sites is 1. The molecule has 0 saturated carbocycles. The lowest BCUT2D eigenvalue weighted by molar-refractivity contribution is -0.146. The van der Waals surface area contributed by atoms with E-state index in [1.54, 1.807) is 24.3 Å². The minimum Gasteiger partial charge on any atom is -0.468 e. The number of H-pyrrole nitrogens is 1. The van der Waals surface area contributed by atoms with Crippen molar-refractivity contribution in [1.29, 1.82) is 0 Å². The van der Waals surface area contributed by atoms with Gasteiger partial charge in [-0.1, -0.05) is 18.2 Å². The van der Waals surface area contributed by atoms with E-state index in [4.69, 9.17) is 0 Å². The zero-order valence-corrected chi connectivity index (χ0v) is 9.11. The fraction of sp³-hybridized carbons (Fsp3) is 0.250. The third kappa shape index (κ3) is 2.00. The summed E-state index contributed by atoms with van der Waals surface area (Å²) in [6.45, 7) is 0. The molecule has 17 heavy (non-hydrogen) atoms. The molecule has 1 heterocycles. The topological polar surface area (TPSA) is 42.1 Å². The lowest BCUT2D eigenvalue weighted by Gasteiger charge is -2.12. The minimum atomic E-state index is -2.79. The molecule has 90 valence electrons. The van der Waals surface area contributed by atoms with E-state index in [-0.39, 0.29) is 5.56 Å². The van der Waals surface area contributed by atoms with Crippen LogP contribution < -0.4 is 0 Å². The van der Waals surface area contributed by atoms with Gasteiger partial charge in [0.2, 0.25) is 0 Å². The van der Waals surface area contributed by atoms with Gasteiger partial charge in [-0.3, -0.25) is 4.79 Å². The summed E-state index contributed by atoms with van der Waals surface area (Å²) in [6.07, 6.45) is -1.36. The Kier molecular flexibility index (Phi) is 3.08. The van der Waals surface area contributed by atoms with Crippen molar-refractivity contribution >= 4 is 16.9 Å². The van der Waals surface area contributed by atoms with Crippen LogP contribution in [0, 0.1) is 0 Å². The maximum Gasteiger partial charge on any atom is 0.319 e. The second kappa shape index (κ2) is 4.53. The number of hydrogen-bond donors (Lipinski definition) is 1. The summed E-state index contributed by atoms with van der Waals surface area (Å²) in [5.74, 6) is -2.47. The minimum absolute atomic E-state index is 0.266. The Morgan fingerprint density at radius 1 is 1.35 bits per heavy atom. The van der Waals surface area contributed by atoms with Crippen LogP contribution in [0.3, 0.4) is 0 Å². The van der Waals surface area contributed by atoms with Gasteiger partial charge in [-0.05, 0) is 11.6 Å². The number of nitrogens with one attached hydrogen (secondary N) is 1. The van der Waals surface area contributed by atoms with E-state index >= 15 is 0 Å². The summed E-state index contributed by atoms with van der Waals surface area (Å²) in [5.41, 5.74) is 0.986. The van der Waals surface area contributed by atoms with Crippen molar-refractivity contribution in [2.45, 2.75) is 12.3 Å². The first-order chi connectivity index (χ1) is 8.15. The molecule has 0 amide bonds. The van der Waals surface area contributed by atoms with E-state index in [9.17, 15) is 13.6 Å². The number of carbonyl (C=O) groups excluding carboxylic acids is 1. The van der Waals surface area contributed by atoms with Crippen molar-refractivity contribution < 1.29 is 18.3 Å². The molecule has 5 heteroatoms. The molecular weight excluding hydrogens is 228 g/mol. The first-order valence-electron chi connectivity index (χ1n) is 5.07. The van der Waals surface area contributed by atoms with Gasteiger partial charge in [0.15, 0.2) is 0 Å². The number of aromatic nitrogens is 1. The van der Waals surface area contributed by atoms with Crippen LogP contribution in [0.1, 0.15) is 11.5 Å². The maximum absolute atomic E-state index is 12.9. The molecular formula is C12H11F2NO2. The predicted octanol–water partition coefficient (Wildman–Crippen LogP) is 2.69. The monoisotopic (exact) mass is 239 g/mol. The van der Waals surface area contributed by atoms with E-state index in [0.717, 1.165) is 12.6 Å². The van der Waals surface area contributed by atoms with Crippen LogP contribution in [0.15, 0.2) is 30.5 Å². The summed E-state index contributed by atoms with van der Waals surface area (Å²) < 4.78 is 30.2. The highest BCUT2D eigenvalue weighted by atomic mass is 19.3. The molecule has 0 fully saturated rings.